The fourth-order valence-corrected chi connectivity index (χ4v) is 1.79. The molecule has 3 rings (SSSR count). The monoisotopic (exact) mass is 268 g/mol. The highest BCUT2D eigenvalue weighted by Crippen LogP contribution is 2.32. The van der Waals surface area contributed by atoms with Crippen molar-refractivity contribution in [2.24, 2.45) is 0 Å². The van der Waals surface area contributed by atoms with Crippen molar-refractivity contribution in [2.75, 3.05) is 0 Å². The van der Waals surface area contributed by atoms with Crippen LogP contribution in [-0.2, 0) is 0 Å². The van der Waals surface area contributed by atoms with Gasteiger partial charge in [-0.3, -0.25) is 0 Å². The Morgan fingerprint density at radius 2 is 1.37 bits per heavy atom. The highest BCUT2D eigenvalue weighted by Gasteiger charge is 2.38. The molecule has 0 radical (unpaired) electrons. The van der Waals surface area contributed by atoms with Gasteiger partial charge in [-0.25, -0.2) is 17.6 Å². The highest BCUT2D eigenvalue weighted by atomic mass is 19.2. The van der Waals surface area contributed by atoms with E-state index in [0.29, 0.717) is 17.6 Å². The van der Waals surface area contributed by atoms with E-state index in [-0.39, 0.29) is 0 Å². The smallest absolute Gasteiger partial charge is 0.519 e. The summed E-state index contributed by atoms with van der Waals surface area (Å²) in [6.07, 6.45) is 0. The minimum absolute atomic E-state index is 0.317. The lowest BCUT2D eigenvalue weighted by molar-refractivity contribution is 0.409. The van der Waals surface area contributed by atoms with E-state index in [9.17, 15) is 17.6 Å². The predicted molar refractivity (Wildman–Crippen MR) is 59.4 cm³/mol. The standard InChI is InChI=1S/C12H5BF4O2/c14-7-5-6(10(15)12(17)11(7)16)13-18-8-3-1-2-4-9(8)19-13/h1-5H. The number of hydrogen-bond donors (Lipinski definition) is 0. The molecule has 1 heterocycles. The summed E-state index contributed by atoms with van der Waals surface area (Å²) in [7, 11) is -1.35. The van der Waals surface area contributed by atoms with Gasteiger partial charge in [-0.05, 0) is 18.2 Å². The van der Waals surface area contributed by atoms with E-state index in [1.807, 2.05) is 0 Å². The Morgan fingerprint density at radius 3 is 1.95 bits per heavy atom. The van der Waals surface area contributed by atoms with Crippen LogP contribution in [-0.4, -0.2) is 7.12 Å². The van der Waals surface area contributed by atoms with Crippen molar-refractivity contribution in [1.82, 2.24) is 0 Å². The van der Waals surface area contributed by atoms with Gasteiger partial charge in [0.25, 0.3) is 0 Å². The fraction of sp³-hybridized carbons (Fsp3) is 0. The Kier molecular flexibility index (Phi) is 2.62. The predicted octanol–water partition coefficient (Wildman–Crippen LogP) is 2.41. The summed E-state index contributed by atoms with van der Waals surface area (Å²) >= 11 is 0. The molecule has 0 amide bonds. The summed E-state index contributed by atoms with van der Waals surface area (Å²) in [4.78, 5) is 0. The van der Waals surface area contributed by atoms with Crippen LogP contribution < -0.4 is 14.8 Å². The maximum absolute atomic E-state index is 13.6. The van der Waals surface area contributed by atoms with Crippen molar-refractivity contribution < 1.29 is 26.9 Å². The van der Waals surface area contributed by atoms with E-state index in [4.69, 9.17) is 9.31 Å². The first-order valence-electron chi connectivity index (χ1n) is 5.33. The first kappa shape index (κ1) is 11.9. The molecule has 96 valence electrons. The molecule has 0 unspecified atom stereocenters. The molecule has 2 aromatic carbocycles. The molecule has 7 heteroatoms. The van der Waals surface area contributed by atoms with Crippen LogP contribution in [0.4, 0.5) is 17.6 Å². The molecular formula is C12H5BF4O2. The molecule has 0 saturated carbocycles. The quantitative estimate of drug-likeness (QED) is 0.342. The van der Waals surface area contributed by atoms with E-state index >= 15 is 0 Å². The molecule has 19 heavy (non-hydrogen) atoms. The highest BCUT2D eigenvalue weighted by molar-refractivity contribution is 6.63. The van der Waals surface area contributed by atoms with Crippen LogP contribution in [0, 0.1) is 23.3 Å². The van der Waals surface area contributed by atoms with Gasteiger partial charge in [0.2, 0.25) is 0 Å². The van der Waals surface area contributed by atoms with Crippen molar-refractivity contribution in [3.8, 4) is 11.5 Å². The molecule has 0 aliphatic carbocycles. The fourth-order valence-electron chi connectivity index (χ4n) is 1.79. The third-order valence-corrected chi connectivity index (χ3v) is 2.70. The molecule has 0 atom stereocenters. The summed E-state index contributed by atoms with van der Waals surface area (Å²) < 4.78 is 63.1. The van der Waals surface area contributed by atoms with Crippen LogP contribution in [0.15, 0.2) is 30.3 Å². The van der Waals surface area contributed by atoms with Crippen LogP contribution in [0.3, 0.4) is 0 Å². The molecule has 1 aliphatic heterocycles. The van der Waals surface area contributed by atoms with Gasteiger partial charge in [-0.2, -0.15) is 0 Å². The Morgan fingerprint density at radius 1 is 0.789 bits per heavy atom. The zero-order chi connectivity index (χ0) is 13.6. The summed E-state index contributed by atoms with van der Waals surface area (Å²) in [6.45, 7) is 0. The Bertz CT molecular complexity index is 637. The van der Waals surface area contributed by atoms with Crippen LogP contribution in [0.5, 0.6) is 11.5 Å². The SMILES string of the molecule is Fc1cc(B2Oc3ccccc3O2)c(F)c(F)c1F. The number of benzene rings is 2. The van der Waals surface area contributed by atoms with Gasteiger partial charge in [-0.1, -0.05) is 12.1 Å². The Labute approximate surface area is 105 Å². The normalized spacial score (nSPS) is 12.9. The molecular weight excluding hydrogens is 263 g/mol. The average Bonchev–Trinajstić information content (AvgIpc) is 2.84. The minimum Gasteiger partial charge on any atom is -0.519 e. The van der Waals surface area contributed by atoms with E-state index in [0.717, 1.165) is 0 Å². The number of hydrogen-bond acceptors (Lipinski definition) is 2. The van der Waals surface area contributed by atoms with Crippen molar-refractivity contribution in [3.63, 3.8) is 0 Å². The molecule has 2 nitrogen and oxygen atoms in total. The van der Waals surface area contributed by atoms with E-state index in [2.05, 4.69) is 0 Å². The second kappa shape index (κ2) is 4.19. The Hall–Kier alpha value is -2.18. The third-order valence-electron chi connectivity index (χ3n) is 2.70. The zero-order valence-electron chi connectivity index (χ0n) is 9.29. The second-order valence-electron chi connectivity index (χ2n) is 3.90. The zero-order valence-corrected chi connectivity index (χ0v) is 9.29. The van der Waals surface area contributed by atoms with Crippen LogP contribution >= 0.6 is 0 Å². The van der Waals surface area contributed by atoms with Crippen LogP contribution in [0.1, 0.15) is 0 Å². The van der Waals surface area contributed by atoms with Gasteiger partial charge in [0, 0.05) is 0 Å². The summed E-state index contributed by atoms with van der Waals surface area (Å²) in [5.74, 6) is -6.15. The third kappa shape index (κ3) is 1.81. The second-order valence-corrected chi connectivity index (χ2v) is 3.90. The first-order chi connectivity index (χ1) is 9.08. The van der Waals surface area contributed by atoms with E-state index in [1.165, 1.54) is 0 Å². The number of para-hydroxylation sites is 2. The minimum atomic E-state index is -1.89. The largest absolute Gasteiger partial charge is 0.636 e. The average molecular weight is 268 g/mol. The van der Waals surface area contributed by atoms with Crippen molar-refractivity contribution >= 4 is 12.6 Å². The van der Waals surface area contributed by atoms with E-state index in [1.54, 1.807) is 24.3 Å². The Balaban J connectivity index is 2.02. The lowest BCUT2D eigenvalue weighted by Gasteiger charge is -2.07. The topological polar surface area (TPSA) is 18.5 Å². The summed E-state index contributed by atoms with van der Waals surface area (Å²) in [6, 6.07) is 6.96. The summed E-state index contributed by atoms with van der Waals surface area (Å²) in [5.41, 5.74) is -0.535. The van der Waals surface area contributed by atoms with Gasteiger partial charge in [-0.15, -0.1) is 0 Å². The molecule has 1 aliphatic rings. The molecule has 0 fully saturated rings. The van der Waals surface area contributed by atoms with E-state index < -0.39 is 35.9 Å². The molecule has 2 aromatic rings. The van der Waals surface area contributed by atoms with Gasteiger partial charge in [0.05, 0.1) is 5.46 Å². The number of halogens is 4. The van der Waals surface area contributed by atoms with Gasteiger partial charge >= 0.3 is 7.12 Å². The molecule has 0 bridgehead atoms. The van der Waals surface area contributed by atoms with Crippen molar-refractivity contribution in [1.29, 1.82) is 0 Å². The van der Waals surface area contributed by atoms with Gasteiger partial charge in [0.1, 0.15) is 11.5 Å². The molecule has 0 aromatic heterocycles. The molecule has 0 N–H and O–H groups in total. The lowest BCUT2D eigenvalue weighted by atomic mass is 9.78. The van der Waals surface area contributed by atoms with Crippen LogP contribution in [0.25, 0.3) is 0 Å². The van der Waals surface area contributed by atoms with Crippen molar-refractivity contribution in [3.05, 3.63) is 53.6 Å². The van der Waals surface area contributed by atoms with Crippen molar-refractivity contribution in [2.45, 2.75) is 0 Å². The number of fused-ring (bicyclic) bond motifs is 1. The first-order valence-corrected chi connectivity index (χ1v) is 5.33. The lowest BCUT2D eigenvalue weighted by Crippen LogP contribution is -2.42. The van der Waals surface area contributed by atoms with Crippen LogP contribution in [0.2, 0.25) is 0 Å². The maximum atomic E-state index is 13.6. The molecule has 0 saturated heterocycles. The van der Waals surface area contributed by atoms with Gasteiger partial charge < -0.3 is 9.31 Å². The summed E-state index contributed by atoms with van der Waals surface area (Å²) in [5, 5.41) is 0. The van der Waals surface area contributed by atoms with Gasteiger partial charge in [0.15, 0.2) is 23.3 Å². The molecule has 0 spiro atoms. The number of rotatable bonds is 1. The maximum Gasteiger partial charge on any atom is 0.636 e.